The van der Waals surface area contributed by atoms with Gasteiger partial charge >= 0.3 is 5.97 Å². The number of benzene rings is 1. The molecule has 1 unspecified atom stereocenters. The summed E-state index contributed by atoms with van der Waals surface area (Å²) in [6.07, 6.45) is 1.96. The molecule has 1 saturated heterocycles. The van der Waals surface area contributed by atoms with Gasteiger partial charge in [-0.15, -0.1) is 0 Å². The van der Waals surface area contributed by atoms with E-state index in [1.807, 2.05) is 0 Å². The number of carboxylic acids is 1. The Balaban J connectivity index is 1.72. The zero-order chi connectivity index (χ0) is 18.9. The summed E-state index contributed by atoms with van der Waals surface area (Å²) in [4.78, 5) is 23.3. The van der Waals surface area contributed by atoms with E-state index in [0.29, 0.717) is 23.5 Å². The number of anilines is 1. The highest BCUT2D eigenvalue weighted by molar-refractivity contribution is 7.91. The van der Waals surface area contributed by atoms with Crippen LogP contribution in [0, 0.1) is 12.8 Å². The van der Waals surface area contributed by atoms with E-state index in [2.05, 4.69) is 10.4 Å². The maximum absolute atomic E-state index is 12.2. The predicted octanol–water partition coefficient (Wildman–Crippen LogP) is 1.64. The van der Waals surface area contributed by atoms with Gasteiger partial charge in [-0.1, -0.05) is 6.07 Å². The lowest BCUT2D eigenvalue weighted by atomic mass is 10.1. The fraction of sp³-hybridized carbons (Fsp3) is 0.353. The molecular formula is C17H19N3O5S. The number of amides is 1. The lowest BCUT2D eigenvalue weighted by molar-refractivity contribution is -0.116. The number of carboxylic acid groups (broad SMARTS) is 1. The third-order valence-electron chi connectivity index (χ3n) is 4.42. The Kier molecular flexibility index (Phi) is 4.82. The number of aromatic nitrogens is 2. The van der Waals surface area contributed by atoms with Crippen molar-refractivity contribution < 1.29 is 23.1 Å². The largest absolute Gasteiger partial charge is 0.478 e. The molecule has 0 bridgehead atoms. The van der Waals surface area contributed by atoms with E-state index in [1.54, 1.807) is 31.2 Å². The summed E-state index contributed by atoms with van der Waals surface area (Å²) in [5.74, 6) is -1.23. The highest BCUT2D eigenvalue weighted by Crippen LogP contribution is 2.23. The van der Waals surface area contributed by atoms with Crippen molar-refractivity contribution in [1.82, 2.24) is 9.78 Å². The number of rotatable bonds is 5. The number of nitrogens with one attached hydrogen (secondary N) is 1. The van der Waals surface area contributed by atoms with Gasteiger partial charge in [0, 0.05) is 12.1 Å². The Hall–Kier alpha value is -2.68. The number of carbonyl (C=O) groups is 2. The molecular weight excluding hydrogens is 358 g/mol. The normalized spacial score (nSPS) is 18.6. The molecule has 0 saturated carbocycles. The molecule has 1 atom stereocenters. The first kappa shape index (κ1) is 18.1. The van der Waals surface area contributed by atoms with Crippen molar-refractivity contribution in [3.8, 4) is 5.69 Å². The second kappa shape index (κ2) is 6.91. The van der Waals surface area contributed by atoms with Crippen LogP contribution in [-0.2, 0) is 14.6 Å². The van der Waals surface area contributed by atoms with E-state index in [4.69, 9.17) is 5.11 Å². The number of aromatic carboxylic acids is 1. The zero-order valence-electron chi connectivity index (χ0n) is 14.2. The number of hydrogen-bond donors (Lipinski definition) is 2. The van der Waals surface area contributed by atoms with Gasteiger partial charge in [-0.25, -0.2) is 17.9 Å². The van der Waals surface area contributed by atoms with E-state index in [1.165, 1.54) is 10.9 Å². The summed E-state index contributed by atoms with van der Waals surface area (Å²) in [5, 5.41) is 16.0. The van der Waals surface area contributed by atoms with Crippen LogP contribution in [-0.4, -0.2) is 46.7 Å². The molecule has 1 aliphatic heterocycles. The van der Waals surface area contributed by atoms with Crippen LogP contribution < -0.4 is 5.32 Å². The minimum Gasteiger partial charge on any atom is -0.478 e. The smallest absolute Gasteiger partial charge is 0.339 e. The number of sulfone groups is 1. The van der Waals surface area contributed by atoms with Crippen LogP contribution in [0.5, 0.6) is 0 Å². The molecule has 1 aliphatic rings. The van der Waals surface area contributed by atoms with Gasteiger partial charge in [-0.3, -0.25) is 4.79 Å². The second-order valence-electron chi connectivity index (χ2n) is 6.43. The summed E-state index contributed by atoms with van der Waals surface area (Å²) in [5.41, 5.74) is 1.76. The summed E-state index contributed by atoms with van der Waals surface area (Å²) in [6, 6.07) is 6.88. The molecule has 0 radical (unpaired) electrons. The van der Waals surface area contributed by atoms with Gasteiger partial charge in [0.05, 0.1) is 29.1 Å². The van der Waals surface area contributed by atoms with Crippen LogP contribution in [0.15, 0.2) is 30.5 Å². The van der Waals surface area contributed by atoms with Crippen molar-refractivity contribution in [1.29, 1.82) is 0 Å². The number of hydrogen-bond acceptors (Lipinski definition) is 5. The molecule has 26 heavy (non-hydrogen) atoms. The molecule has 2 aromatic rings. The summed E-state index contributed by atoms with van der Waals surface area (Å²) in [7, 11) is -3.01. The van der Waals surface area contributed by atoms with Crippen LogP contribution in [0.3, 0.4) is 0 Å². The van der Waals surface area contributed by atoms with Crippen LogP contribution >= 0.6 is 0 Å². The fourth-order valence-corrected chi connectivity index (χ4v) is 4.96. The first-order valence-electron chi connectivity index (χ1n) is 8.14. The summed E-state index contributed by atoms with van der Waals surface area (Å²) >= 11 is 0. The highest BCUT2D eigenvalue weighted by atomic mass is 32.2. The van der Waals surface area contributed by atoms with E-state index in [0.717, 1.165) is 0 Å². The van der Waals surface area contributed by atoms with E-state index >= 15 is 0 Å². The third kappa shape index (κ3) is 3.93. The van der Waals surface area contributed by atoms with Crippen molar-refractivity contribution in [2.75, 3.05) is 16.8 Å². The lowest BCUT2D eigenvalue weighted by Gasteiger charge is -2.11. The Morgan fingerprint density at radius 1 is 1.38 bits per heavy atom. The van der Waals surface area contributed by atoms with E-state index in [-0.39, 0.29) is 35.3 Å². The molecule has 1 aromatic heterocycles. The Morgan fingerprint density at radius 3 is 2.77 bits per heavy atom. The van der Waals surface area contributed by atoms with Gasteiger partial charge in [0.15, 0.2) is 9.84 Å². The molecule has 3 rings (SSSR count). The van der Waals surface area contributed by atoms with Gasteiger partial charge in [-0.05, 0) is 37.5 Å². The van der Waals surface area contributed by atoms with E-state index < -0.39 is 15.8 Å². The molecule has 0 aliphatic carbocycles. The minimum atomic E-state index is -3.01. The van der Waals surface area contributed by atoms with Crippen LogP contribution in [0.4, 0.5) is 5.69 Å². The first-order valence-corrected chi connectivity index (χ1v) is 9.96. The Bertz CT molecular complexity index is 965. The molecule has 1 aromatic carbocycles. The Morgan fingerprint density at radius 2 is 2.15 bits per heavy atom. The van der Waals surface area contributed by atoms with Gasteiger partial charge in [0.1, 0.15) is 5.56 Å². The lowest BCUT2D eigenvalue weighted by Crippen LogP contribution is -2.17. The molecule has 8 nitrogen and oxygen atoms in total. The van der Waals surface area contributed by atoms with Crippen molar-refractivity contribution in [2.24, 2.45) is 5.92 Å². The molecule has 138 valence electrons. The van der Waals surface area contributed by atoms with Crippen molar-refractivity contribution >= 4 is 27.4 Å². The molecule has 9 heteroatoms. The van der Waals surface area contributed by atoms with Gasteiger partial charge in [0.25, 0.3) is 0 Å². The van der Waals surface area contributed by atoms with Gasteiger partial charge in [0.2, 0.25) is 5.91 Å². The first-order chi connectivity index (χ1) is 12.2. The molecule has 2 N–H and O–H groups in total. The summed E-state index contributed by atoms with van der Waals surface area (Å²) in [6.45, 7) is 1.65. The van der Waals surface area contributed by atoms with Crippen molar-refractivity contribution in [3.05, 3.63) is 41.7 Å². The van der Waals surface area contributed by atoms with Crippen LogP contribution in [0.25, 0.3) is 5.69 Å². The standard InChI is InChI=1S/C17H19N3O5S/c1-11-15(17(22)23)9-18-20(11)14-4-2-3-13(8-14)19-16(21)7-12-5-6-26(24,25)10-12/h2-4,8-9,12H,5-7,10H2,1H3,(H,19,21)(H,22,23). The molecule has 0 spiro atoms. The SMILES string of the molecule is Cc1c(C(=O)O)cnn1-c1cccc(NC(=O)CC2CCS(=O)(=O)C2)c1. The van der Waals surface area contributed by atoms with E-state index in [9.17, 15) is 18.0 Å². The molecule has 1 fully saturated rings. The quantitative estimate of drug-likeness (QED) is 0.818. The highest BCUT2D eigenvalue weighted by Gasteiger charge is 2.29. The maximum atomic E-state index is 12.2. The molecule has 1 amide bonds. The number of nitrogens with zero attached hydrogens (tertiary/aromatic N) is 2. The molecule has 2 heterocycles. The average molecular weight is 377 g/mol. The summed E-state index contributed by atoms with van der Waals surface area (Å²) < 4.78 is 24.5. The fourth-order valence-electron chi connectivity index (χ4n) is 3.10. The monoisotopic (exact) mass is 377 g/mol. The zero-order valence-corrected chi connectivity index (χ0v) is 15.0. The van der Waals surface area contributed by atoms with Crippen LogP contribution in [0.2, 0.25) is 0 Å². The van der Waals surface area contributed by atoms with Gasteiger partial charge < -0.3 is 10.4 Å². The van der Waals surface area contributed by atoms with Crippen LogP contribution in [0.1, 0.15) is 28.9 Å². The third-order valence-corrected chi connectivity index (χ3v) is 6.25. The average Bonchev–Trinajstić information content (AvgIpc) is 3.09. The minimum absolute atomic E-state index is 0.0604. The topological polar surface area (TPSA) is 118 Å². The number of carbonyl (C=O) groups excluding carboxylic acids is 1. The van der Waals surface area contributed by atoms with Crippen molar-refractivity contribution in [3.63, 3.8) is 0 Å². The second-order valence-corrected chi connectivity index (χ2v) is 8.66. The van der Waals surface area contributed by atoms with Gasteiger partial charge in [-0.2, -0.15) is 5.10 Å². The Labute approximate surface area is 150 Å². The maximum Gasteiger partial charge on any atom is 0.339 e. The predicted molar refractivity (Wildman–Crippen MR) is 95.3 cm³/mol. The van der Waals surface area contributed by atoms with Crippen molar-refractivity contribution in [2.45, 2.75) is 19.8 Å².